The van der Waals surface area contributed by atoms with E-state index in [1.54, 1.807) is 0 Å². The second kappa shape index (κ2) is 5.57. The van der Waals surface area contributed by atoms with Crippen LogP contribution >= 0.6 is 22.6 Å². The van der Waals surface area contributed by atoms with Gasteiger partial charge in [0.05, 0.1) is 5.39 Å². The molecule has 0 N–H and O–H groups in total. The molecule has 0 aliphatic heterocycles. The summed E-state index contributed by atoms with van der Waals surface area (Å²) in [6.07, 6.45) is 1.86. The second-order valence-electron chi connectivity index (χ2n) is 4.97. The first-order chi connectivity index (χ1) is 10.8. The van der Waals surface area contributed by atoms with Gasteiger partial charge in [-0.2, -0.15) is 0 Å². The highest BCUT2D eigenvalue weighted by atomic mass is 127. The standard InChI is InChI=1S/C17H12IN3O/c18-16-15-14-9-5-4-8-13(14)10-19-17(15)21(20-16)22-11-12-6-2-1-3-7-12/h1-10H,11H2. The molecule has 2 aromatic heterocycles. The fourth-order valence-electron chi connectivity index (χ4n) is 2.48. The highest BCUT2D eigenvalue weighted by molar-refractivity contribution is 14.1. The molecule has 0 fully saturated rings. The van der Waals surface area contributed by atoms with E-state index in [4.69, 9.17) is 4.84 Å². The van der Waals surface area contributed by atoms with E-state index in [9.17, 15) is 0 Å². The van der Waals surface area contributed by atoms with Crippen molar-refractivity contribution < 1.29 is 4.84 Å². The third kappa shape index (κ3) is 2.31. The molecular formula is C17H12IN3O. The van der Waals surface area contributed by atoms with Crippen molar-refractivity contribution in [3.63, 3.8) is 0 Å². The van der Waals surface area contributed by atoms with Gasteiger partial charge in [-0.1, -0.05) is 59.4 Å². The van der Waals surface area contributed by atoms with Gasteiger partial charge in [0.2, 0.25) is 5.65 Å². The molecule has 0 aliphatic carbocycles. The summed E-state index contributed by atoms with van der Waals surface area (Å²) in [5.74, 6) is 0. The van der Waals surface area contributed by atoms with E-state index in [1.807, 2.05) is 48.7 Å². The number of fused-ring (bicyclic) bond motifs is 3. The average molecular weight is 401 g/mol. The summed E-state index contributed by atoms with van der Waals surface area (Å²) < 4.78 is 0.893. The van der Waals surface area contributed by atoms with Gasteiger partial charge in [0.1, 0.15) is 10.3 Å². The van der Waals surface area contributed by atoms with Gasteiger partial charge in [-0.15, -0.1) is 5.10 Å². The van der Waals surface area contributed by atoms with E-state index < -0.39 is 0 Å². The molecule has 2 heterocycles. The van der Waals surface area contributed by atoms with Crippen LogP contribution in [0.15, 0.2) is 60.8 Å². The maximum Gasteiger partial charge on any atom is 0.200 e. The van der Waals surface area contributed by atoms with Crippen molar-refractivity contribution in [1.82, 2.24) is 14.9 Å². The average Bonchev–Trinajstić information content (AvgIpc) is 2.90. The van der Waals surface area contributed by atoms with Crippen LogP contribution < -0.4 is 4.84 Å². The molecule has 0 saturated heterocycles. The van der Waals surface area contributed by atoms with Crippen LogP contribution in [-0.2, 0) is 6.61 Å². The summed E-state index contributed by atoms with van der Waals surface area (Å²) in [5.41, 5.74) is 1.85. The van der Waals surface area contributed by atoms with Gasteiger partial charge in [0, 0.05) is 11.6 Å². The van der Waals surface area contributed by atoms with E-state index in [1.165, 1.54) is 4.85 Å². The Morgan fingerprint density at radius 1 is 1.00 bits per heavy atom. The van der Waals surface area contributed by atoms with Gasteiger partial charge in [-0.3, -0.25) is 0 Å². The Morgan fingerprint density at radius 3 is 2.64 bits per heavy atom. The number of pyridine rings is 1. The zero-order chi connectivity index (χ0) is 14.9. The minimum absolute atomic E-state index is 0.461. The lowest BCUT2D eigenvalue weighted by Crippen LogP contribution is -2.13. The molecule has 0 unspecified atom stereocenters. The molecule has 0 aliphatic rings. The predicted molar refractivity (Wildman–Crippen MR) is 94.5 cm³/mol. The van der Waals surface area contributed by atoms with Gasteiger partial charge in [0.25, 0.3) is 0 Å². The second-order valence-corrected chi connectivity index (χ2v) is 5.99. The van der Waals surface area contributed by atoms with Crippen LogP contribution in [0.3, 0.4) is 0 Å². The van der Waals surface area contributed by atoms with Crippen LogP contribution in [0.2, 0.25) is 0 Å². The quantitative estimate of drug-likeness (QED) is 0.490. The molecule has 4 nitrogen and oxygen atoms in total. The van der Waals surface area contributed by atoms with E-state index in [2.05, 4.69) is 44.8 Å². The first kappa shape index (κ1) is 13.5. The lowest BCUT2D eigenvalue weighted by molar-refractivity contribution is 0.0774. The number of aromatic nitrogens is 3. The Kier molecular flexibility index (Phi) is 3.42. The van der Waals surface area contributed by atoms with Crippen molar-refractivity contribution in [3.05, 3.63) is 70.1 Å². The minimum atomic E-state index is 0.461. The molecule has 0 radical (unpaired) electrons. The predicted octanol–water partition coefficient (Wildman–Crippen LogP) is 3.82. The summed E-state index contributed by atoms with van der Waals surface area (Å²) in [7, 11) is 0. The highest BCUT2D eigenvalue weighted by Gasteiger charge is 2.14. The molecule has 4 rings (SSSR count). The topological polar surface area (TPSA) is 39.9 Å². The number of benzene rings is 2. The van der Waals surface area contributed by atoms with Crippen molar-refractivity contribution in [2.75, 3.05) is 0 Å². The summed E-state index contributed by atoms with van der Waals surface area (Å²) in [4.78, 5) is 11.9. The molecule has 2 aromatic carbocycles. The Morgan fingerprint density at radius 2 is 1.77 bits per heavy atom. The van der Waals surface area contributed by atoms with Crippen molar-refractivity contribution in [2.45, 2.75) is 6.61 Å². The van der Waals surface area contributed by atoms with Gasteiger partial charge in [0.15, 0.2) is 0 Å². The van der Waals surface area contributed by atoms with E-state index in [-0.39, 0.29) is 0 Å². The van der Waals surface area contributed by atoms with E-state index >= 15 is 0 Å². The first-order valence-corrected chi connectivity index (χ1v) is 8.00. The Hall–Kier alpha value is -2.15. The molecule has 0 spiro atoms. The summed E-state index contributed by atoms with van der Waals surface area (Å²) in [6.45, 7) is 0.461. The molecule has 0 atom stereocenters. The third-order valence-electron chi connectivity index (χ3n) is 3.54. The fraction of sp³-hybridized carbons (Fsp3) is 0.0588. The first-order valence-electron chi connectivity index (χ1n) is 6.92. The van der Waals surface area contributed by atoms with Crippen LogP contribution in [0.4, 0.5) is 0 Å². The highest BCUT2D eigenvalue weighted by Crippen LogP contribution is 2.26. The SMILES string of the molecule is Ic1nn(OCc2ccccc2)c2ncc3ccccc3c12. The Bertz CT molecular complexity index is 950. The van der Waals surface area contributed by atoms with Gasteiger partial charge >= 0.3 is 0 Å². The molecule has 0 amide bonds. The zero-order valence-corrected chi connectivity index (χ0v) is 13.8. The maximum absolute atomic E-state index is 5.81. The third-order valence-corrected chi connectivity index (χ3v) is 4.30. The number of nitrogens with zero attached hydrogens (tertiary/aromatic N) is 3. The molecule has 22 heavy (non-hydrogen) atoms. The molecule has 4 aromatic rings. The van der Waals surface area contributed by atoms with Crippen molar-refractivity contribution in [3.8, 4) is 0 Å². The molecule has 0 bridgehead atoms. The van der Waals surface area contributed by atoms with Gasteiger partial charge in [-0.05, 0) is 33.5 Å². The van der Waals surface area contributed by atoms with Crippen LogP contribution in [0.1, 0.15) is 5.56 Å². The van der Waals surface area contributed by atoms with E-state index in [0.29, 0.717) is 6.61 Å². The van der Waals surface area contributed by atoms with Crippen molar-refractivity contribution in [1.29, 1.82) is 0 Å². The van der Waals surface area contributed by atoms with Crippen LogP contribution in [0.5, 0.6) is 0 Å². The molecule has 0 saturated carbocycles. The van der Waals surface area contributed by atoms with Crippen molar-refractivity contribution >= 4 is 44.4 Å². The summed E-state index contributed by atoms with van der Waals surface area (Å²) in [5, 5.41) is 7.76. The zero-order valence-electron chi connectivity index (χ0n) is 11.6. The smallest absolute Gasteiger partial charge is 0.200 e. The van der Waals surface area contributed by atoms with Crippen LogP contribution in [-0.4, -0.2) is 14.9 Å². The van der Waals surface area contributed by atoms with Crippen molar-refractivity contribution in [2.24, 2.45) is 0 Å². The summed E-state index contributed by atoms with van der Waals surface area (Å²) >= 11 is 2.23. The number of rotatable bonds is 3. The monoisotopic (exact) mass is 401 g/mol. The largest absolute Gasteiger partial charge is 0.390 e. The van der Waals surface area contributed by atoms with Gasteiger partial charge < -0.3 is 4.84 Å². The maximum atomic E-state index is 5.81. The van der Waals surface area contributed by atoms with Crippen LogP contribution in [0, 0.1) is 3.70 Å². The molecular weight excluding hydrogens is 389 g/mol. The number of hydrogen-bond acceptors (Lipinski definition) is 3. The Balaban J connectivity index is 1.77. The summed E-state index contributed by atoms with van der Waals surface area (Å²) in [6, 6.07) is 18.2. The lowest BCUT2D eigenvalue weighted by Gasteiger charge is -2.06. The molecule has 5 heteroatoms. The van der Waals surface area contributed by atoms with Crippen LogP contribution in [0.25, 0.3) is 21.8 Å². The number of hydrogen-bond donors (Lipinski definition) is 0. The normalized spacial score (nSPS) is 11.1. The molecule has 108 valence electrons. The number of halogens is 1. The lowest BCUT2D eigenvalue weighted by atomic mass is 10.1. The fourth-order valence-corrected chi connectivity index (χ4v) is 3.21. The van der Waals surface area contributed by atoms with E-state index in [0.717, 1.165) is 31.1 Å². The minimum Gasteiger partial charge on any atom is -0.390 e. The Labute approximate surface area is 140 Å². The van der Waals surface area contributed by atoms with Gasteiger partial charge in [-0.25, -0.2) is 4.98 Å².